The van der Waals surface area contributed by atoms with E-state index in [9.17, 15) is 0 Å². The van der Waals surface area contributed by atoms with Crippen molar-refractivity contribution in [1.82, 2.24) is 0 Å². The summed E-state index contributed by atoms with van der Waals surface area (Å²) in [5.41, 5.74) is 2.59. The molecular weight excluding hydrogens is 200 g/mol. The van der Waals surface area contributed by atoms with Crippen molar-refractivity contribution >= 4 is 21.5 Å². The van der Waals surface area contributed by atoms with Gasteiger partial charge in [-0.25, -0.2) is 0 Å². The minimum atomic E-state index is 1.14. The molecule has 1 aromatic rings. The van der Waals surface area contributed by atoms with E-state index in [0.717, 1.165) is 4.47 Å². The molecule has 0 fully saturated rings. The van der Waals surface area contributed by atoms with Crippen molar-refractivity contribution in [1.29, 1.82) is 0 Å². The summed E-state index contributed by atoms with van der Waals surface area (Å²) in [5.74, 6) is 0. The first kappa shape index (κ1) is 8.54. The second kappa shape index (κ2) is 3.72. The van der Waals surface area contributed by atoms with Crippen LogP contribution in [0.4, 0.5) is 0 Å². The fourth-order valence-electron chi connectivity index (χ4n) is 0.900. The molecule has 0 aromatic heterocycles. The van der Waals surface area contributed by atoms with Gasteiger partial charge in [0.2, 0.25) is 0 Å². The lowest BCUT2D eigenvalue weighted by Gasteiger charge is -1.99. The minimum absolute atomic E-state index is 1.14. The monoisotopic (exact) mass is 210 g/mol. The van der Waals surface area contributed by atoms with Crippen molar-refractivity contribution in [2.24, 2.45) is 0 Å². The summed E-state index contributed by atoms with van der Waals surface area (Å²) >= 11 is 3.43. The molecule has 0 nitrogen and oxygen atoms in total. The van der Waals surface area contributed by atoms with Gasteiger partial charge in [0, 0.05) is 4.47 Å². The maximum Gasteiger partial charge on any atom is 0.0181 e. The fraction of sp³-hybridized carbons (Fsp3) is 0.200. The second-order valence-electron chi connectivity index (χ2n) is 2.48. The van der Waals surface area contributed by atoms with Crippen LogP contribution >= 0.6 is 15.9 Å². The molecule has 0 aliphatic heterocycles. The third-order valence-corrected chi connectivity index (χ3v) is 2.21. The van der Waals surface area contributed by atoms with Gasteiger partial charge in [-0.15, -0.1) is 0 Å². The molecule has 0 saturated carbocycles. The van der Waals surface area contributed by atoms with Crippen LogP contribution in [-0.4, -0.2) is 0 Å². The highest BCUT2D eigenvalue weighted by atomic mass is 79.9. The maximum atomic E-state index is 3.43. The third-order valence-electron chi connectivity index (χ3n) is 1.71. The maximum absolute atomic E-state index is 3.43. The van der Waals surface area contributed by atoms with Crippen LogP contribution in [0, 0.1) is 0 Å². The average molecular weight is 211 g/mol. The molecule has 0 unspecified atom stereocenters. The summed E-state index contributed by atoms with van der Waals surface area (Å²) in [6.07, 6.45) is 2.11. The van der Waals surface area contributed by atoms with E-state index in [-0.39, 0.29) is 0 Å². The predicted molar refractivity (Wildman–Crippen MR) is 53.5 cm³/mol. The molecule has 1 aromatic carbocycles. The largest absolute Gasteiger partial charge is 0.0841 e. The van der Waals surface area contributed by atoms with Gasteiger partial charge in [0.25, 0.3) is 0 Å². The lowest BCUT2D eigenvalue weighted by Crippen LogP contribution is -1.77. The van der Waals surface area contributed by atoms with Gasteiger partial charge < -0.3 is 0 Å². The Bertz CT molecular complexity index is 274. The first-order chi connectivity index (χ1) is 5.24. The van der Waals surface area contributed by atoms with E-state index in [1.807, 2.05) is 12.1 Å². The van der Waals surface area contributed by atoms with Gasteiger partial charge in [-0.2, -0.15) is 0 Å². The van der Waals surface area contributed by atoms with Crippen molar-refractivity contribution in [2.45, 2.75) is 13.8 Å². The number of halogens is 1. The van der Waals surface area contributed by atoms with Gasteiger partial charge in [-0.1, -0.05) is 34.1 Å². The molecule has 0 atom stereocenters. The molecule has 0 aliphatic carbocycles. The highest BCUT2D eigenvalue weighted by Gasteiger charge is 1.93. The van der Waals surface area contributed by atoms with Crippen LogP contribution in [0.25, 0.3) is 5.57 Å². The molecule has 0 N–H and O–H groups in total. The Morgan fingerprint density at radius 1 is 1.45 bits per heavy atom. The van der Waals surface area contributed by atoms with Gasteiger partial charge in [0.05, 0.1) is 0 Å². The zero-order valence-electron chi connectivity index (χ0n) is 6.76. The SMILES string of the molecule is C/C=C(/C)c1cccc(Br)c1. The van der Waals surface area contributed by atoms with Crippen LogP contribution < -0.4 is 0 Å². The lowest BCUT2D eigenvalue weighted by molar-refractivity contribution is 1.52. The average Bonchev–Trinajstić information content (AvgIpc) is 2.03. The molecular formula is C10H11Br. The van der Waals surface area contributed by atoms with Crippen molar-refractivity contribution in [3.8, 4) is 0 Å². The van der Waals surface area contributed by atoms with Gasteiger partial charge in [0.15, 0.2) is 0 Å². The second-order valence-corrected chi connectivity index (χ2v) is 3.40. The molecule has 0 saturated heterocycles. The number of rotatable bonds is 1. The van der Waals surface area contributed by atoms with Gasteiger partial charge in [-0.05, 0) is 37.1 Å². The highest BCUT2D eigenvalue weighted by Crippen LogP contribution is 2.18. The summed E-state index contributed by atoms with van der Waals surface area (Å²) in [6.45, 7) is 4.16. The van der Waals surface area contributed by atoms with E-state index in [1.54, 1.807) is 0 Å². The first-order valence-corrected chi connectivity index (χ1v) is 4.42. The highest BCUT2D eigenvalue weighted by molar-refractivity contribution is 9.10. The molecule has 1 rings (SSSR count). The van der Waals surface area contributed by atoms with Crippen molar-refractivity contribution in [3.05, 3.63) is 40.4 Å². The molecule has 0 aliphatic rings. The van der Waals surface area contributed by atoms with Crippen LogP contribution in [0.5, 0.6) is 0 Å². The van der Waals surface area contributed by atoms with E-state index in [2.05, 4.69) is 48.0 Å². The Morgan fingerprint density at radius 2 is 2.18 bits per heavy atom. The summed E-state index contributed by atoms with van der Waals surface area (Å²) in [4.78, 5) is 0. The van der Waals surface area contributed by atoms with Crippen LogP contribution in [-0.2, 0) is 0 Å². The van der Waals surface area contributed by atoms with Crippen molar-refractivity contribution < 1.29 is 0 Å². The summed E-state index contributed by atoms with van der Waals surface area (Å²) < 4.78 is 1.14. The molecule has 0 amide bonds. The smallest absolute Gasteiger partial charge is 0.0181 e. The standard InChI is InChI=1S/C10H11Br/c1-3-8(2)9-5-4-6-10(11)7-9/h3-7H,1-2H3/b8-3-. The Balaban J connectivity index is 3.06. The number of benzene rings is 1. The van der Waals surface area contributed by atoms with E-state index in [0.29, 0.717) is 0 Å². The number of hydrogen-bond acceptors (Lipinski definition) is 0. The predicted octanol–water partition coefficient (Wildman–Crippen LogP) is 3.87. The molecule has 0 bridgehead atoms. The van der Waals surface area contributed by atoms with Crippen LogP contribution in [0.1, 0.15) is 19.4 Å². The van der Waals surface area contributed by atoms with Crippen LogP contribution in [0.2, 0.25) is 0 Å². The minimum Gasteiger partial charge on any atom is -0.0841 e. The van der Waals surface area contributed by atoms with Crippen molar-refractivity contribution in [3.63, 3.8) is 0 Å². The Labute approximate surface area is 76.1 Å². The van der Waals surface area contributed by atoms with Crippen LogP contribution in [0.3, 0.4) is 0 Å². The summed E-state index contributed by atoms with van der Waals surface area (Å²) in [7, 11) is 0. The Kier molecular flexibility index (Phi) is 2.89. The fourth-order valence-corrected chi connectivity index (χ4v) is 1.30. The normalized spacial score (nSPS) is 11.7. The Morgan fingerprint density at radius 3 is 2.73 bits per heavy atom. The summed E-state index contributed by atoms with van der Waals surface area (Å²) in [6, 6.07) is 8.31. The molecule has 0 heterocycles. The molecule has 0 spiro atoms. The van der Waals surface area contributed by atoms with E-state index < -0.39 is 0 Å². The molecule has 58 valence electrons. The molecule has 0 radical (unpaired) electrons. The Hall–Kier alpha value is -0.560. The first-order valence-electron chi connectivity index (χ1n) is 3.63. The summed E-state index contributed by atoms with van der Waals surface area (Å²) in [5, 5.41) is 0. The van der Waals surface area contributed by atoms with Crippen LogP contribution in [0.15, 0.2) is 34.8 Å². The van der Waals surface area contributed by atoms with Gasteiger partial charge in [-0.3, -0.25) is 0 Å². The van der Waals surface area contributed by atoms with E-state index in [4.69, 9.17) is 0 Å². The number of hydrogen-bond donors (Lipinski definition) is 0. The zero-order chi connectivity index (χ0) is 8.27. The third kappa shape index (κ3) is 2.19. The van der Waals surface area contributed by atoms with Gasteiger partial charge in [0.1, 0.15) is 0 Å². The molecule has 11 heavy (non-hydrogen) atoms. The molecule has 1 heteroatoms. The number of allylic oxidation sites excluding steroid dienone is 2. The van der Waals surface area contributed by atoms with Crippen molar-refractivity contribution in [2.75, 3.05) is 0 Å². The quantitative estimate of drug-likeness (QED) is 0.661. The zero-order valence-corrected chi connectivity index (χ0v) is 8.35. The van der Waals surface area contributed by atoms with Gasteiger partial charge >= 0.3 is 0 Å². The lowest BCUT2D eigenvalue weighted by atomic mass is 10.1. The topological polar surface area (TPSA) is 0 Å². The van der Waals surface area contributed by atoms with E-state index in [1.165, 1.54) is 11.1 Å². The van der Waals surface area contributed by atoms with E-state index >= 15 is 0 Å².